The lowest BCUT2D eigenvalue weighted by molar-refractivity contribution is 0.370. The van der Waals surface area contributed by atoms with Crippen LogP contribution in [0.4, 0.5) is 0 Å². The molecular weight excluding hydrogens is 282 g/mol. The summed E-state index contributed by atoms with van der Waals surface area (Å²) in [5.74, 6) is 0. The van der Waals surface area contributed by atoms with E-state index in [-0.39, 0.29) is 6.04 Å². The number of hydrogen-bond donors (Lipinski definition) is 2. The number of thiophene rings is 1. The van der Waals surface area contributed by atoms with Crippen molar-refractivity contribution in [3.05, 3.63) is 16.5 Å². The number of sulfonamides is 1. The highest BCUT2D eigenvalue weighted by Gasteiger charge is 2.21. The molecule has 110 valence electrons. The molecule has 0 aliphatic heterocycles. The van der Waals surface area contributed by atoms with Crippen LogP contribution in [-0.2, 0) is 16.6 Å². The van der Waals surface area contributed by atoms with E-state index in [4.69, 9.17) is 0 Å². The van der Waals surface area contributed by atoms with Gasteiger partial charge in [0.05, 0.1) is 0 Å². The number of nitrogens with zero attached hydrogens (tertiary/aromatic N) is 1. The lowest BCUT2D eigenvalue weighted by Gasteiger charge is -2.17. The summed E-state index contributed by atoms with van der Waals surface area (Å²) in [6.45, 7) is 5.17. The van der Waals surface area contributed by atoms with Crippen molar-refractivity contribution >= 4 is 21.4 Å². The average Bonchev–Trinajstić information content (AvgIpc) is 2.59. The van der Waals surface area contributed by atoms with Gasteiger partial charge in [-0.2, -0.15) is 0 Å². The molecule has 5 nitrogen and oxygen atoms in total. The van der Waals surface area contributed by atoms with Crippen molar-refractivity contribution in [3.8, 4) is 0 Å². The van der Waals surface area contributed by atoms with Gasteiger partial charge in [0.2, 0.25) is 10.0 Å². The molecule has 0 aromatic carbocycles. The largest absolute Gasteiger partial charge is 0.315 e. The average molecular weight is 305 g/mol. The predicted molar refractivity (Wildman–Crippen MR) is 80.2 cm³/mol. The van der Waals surface area contributed by atoms with Crippen molar-refractivity contribution in [3.63, 3.8) is 0 Å². The molecule has 0 bridgehead atoms. The SMILES string of the molecule is CNCc1sc(S(=O)(=O)NC(C)CN(C)C)cc1C. The molecule has 0 aliphatic carbocycles. The molecule has 1 unspecified atom stereocenters. The predicted octanol–water partition coefficient (Wildman–Crippen LogP) is 1.00. The quantitative estimate of drug-likeness (QED) is 0.789. The molecule has 1 heterocycles. The van der Waals surface area contributed by atoms with Crippen LogP contribution in [0.15, 0.2) is 10.3 Å². The van der Waals surface area contributed by atoms with Crippen LogP contribution in [0.1, 0.15) is 17.4 Å². The second-order valence-corrected chi connectivity index (χ2v) is 8.06. The molecule has 0 fully saturated rings. The first-order valence-electron chi connectivity index (χ1n) is 6.17. The Hall–Kier alpha value is -0.470. The van der Waals surface area contributed by atoms with E-state index in [2.05, 4.69) is 10.0 Å². The topological polar surface area (TPSA) is 61.4 Å². The van der Waals surface area contributed by atoms with E-state index in [1.54, 1.807) is 6.07 Å². The summed E-state index contributed by atoms with van der Waals surface area (Å²) in [5.41, 5.74) is 1.01. The Balaban J connectivity index is 2.85. The second-order valence-electron chi connectivity index (χ2n) is 4.99. The standard InChI is InChI=1S/C12H23N3O2S2/c1-9-6-12(18-11(9)7-13-3)19(16,17)14-10(2)8-15(4)5/h6,10,13-14H,7-8H2,1-5H3. The van der Waals surface area contributed by atoms with Crippen molar-refractivity contribution in [1.29, 1.82) is 0 Å². The molecule has 1 aromatic rings. The molecule has 2 N–H and O–H groups in total. The molecule has 0 aliphatic rings. The van der Waals surface area contributed by atoms with E-state index in [9.17, 15) is 8.42 Å². The Kier molecular flexibility index (Phi) is 5.94. The van der Waals surface area contributed by atoms with Crippen LogP contribution < -0.4 is 10.0 Å². The fourth-order valence-corrected chi connectivity index (χ4v) is 4.72. The summed E-state index contributed by atoms with van der Waals surface area (Å²) in [6.07, 6.45) is 0. The molecule has 0 spiro atoms. The molecule has 0 saturated carbocycles. The Morgan fingerprint density at radius 1 is 1.42 bits per heavy atom. The zero-order valence-corrected chi connectivity index (χ0v) is 13.8. The van der Waals surface area contributed by atoms with Crippen molar-refractivity contribution in [2.45, 2.75) is 30.6 Å². The molecule has 0 radical (unpaired) electrons. The zero-order valence-electron chi connectivity index (χ0n) is 12.1. The number of nitrogens with one attached hydrogen (secondary N) is 2. The van der Waals surface area contributed by atoms with Crippen molar-refractivity contribution < 1.29 is 8.42 Å². The second kappa shape index (κ2) is 6.81. The minimum Gasteiger partial charge on any atom is -0.315 e. The Bertz CT molecular complexity index is 509. The van der Waals surface area contributed by atoms with E-state index in [0.717, 1.165) is 10.4 Å². The van der Waals surface area contributed by atoms with Crippen LogP contribution in [0, 0.1) is 6.92 Å². The van der Waals surface area contributed by atoms with Gasteiger partial charge in [0.25, 0.3) is 0 Å². The van der Waals surface area contributed by atoms with Gasteiger partial charge in [0.1, 0.15) is 4.21 Å². The maximum Gasteiger partial charge on any atom is 0.250 e. The van der Waals surface area contributed by atoms with Gasteiger partial charge < -0.3 is 10.2 Å². The molecule has 1 rings (SSSR count). The van der Waals surface area contributed by atoms with E-state index in [0.29, 0.717) is 17.3 Å². The summed E-state index contributed by atoms with van der Waals surface area (Å²) in [4.78, 5) is 3.02. The smallest absolute Gasteiger partial charge is 0.250 e. The van der Waals surface area contributed by atoms with Crippen LogP contribution in [0.2, 0.25) is 0 Å². The van der Waals surface area contributed by atoms with Gasteiger partial charge in [-0.05, 0) is 46.6 Å². The van der Waals surface area contributed by atoms with E-state index in [1.807, 2.05) is 39.9 Å². The Morgan fingerprint density at radius 2 is 2.05 bits per heavy atom. The van der Waals surface area contributed by atoms with Crippen LogP contribution in [-0.4, -0.2) is 47.0 Å². The maximum absolute atomic E-state index is 12.3. The van der Waals surface area contributed by atoms with E-state index < -0.39 is 10.0 Å². The summed E-state index contributed by atoms with van der Waals surface area (Å²) < 4.78 is 27.6. The van der Waals surface area contributed by atoms with Gasteiger partial charge in [0, 0.05) is 24.0 Å². The molecular formula is C12H23N3O2S2. The normalized spacial score (nSPS) is 14.0. The molecule has 7 heteroatoms. The number of hydrogen-bond acceptors (Lipinski definition) is 5. The van der Waals surface area contributed by atoms with Gasteiger partial charge >= 0.3 is 0 Å². The van der Waals surface area contributed by atoms with Crippen LogP contribution in [0.5, 0.6) is 0 Å². The van der Waals surface area contributed by atoms with Crippen molar-refractivity contribution in [2.75, 3.05) is 27.7 Å². The summed E-state index contributed by atoms with van der Waals surface area (Å²) in [6, 6.07) is 1.62. The Morgan fingerprint density at radius 3 is 2.58 bits per heavy atom. The number of likely N-dealkylation sites (N-methyl/N-ethyl adjacent to an activating group) is 1. The lowest BCUT2D eigenvalue weighted by Crippen LogP contribution is -2.39. The third-order valence-corrected chi connectivity index (χ3v) is 5.90. The number of aryl methyl sites for hydroxylation is 1. The Labute approximate surface area is 120 Å². The number of rotatable bonds is 7. The van der Waals surface area contributed by atoms with Crippen LogP contribution in [0.3, 0.4) is 0 Å². The van der Waals surface area contributed by atoms with E-state index in [1.165, 1.54) is 11.3 Å². The van der Waals surface area contributed by atoms with Gasteiger partial charge in [-0.3, -0.25) is 0 Å². The highest BCUT2D eigenvalue weighted by molar-refractivity contribution is 7.91. The van der Waals surface area contributed by atoms with Crippen molar-refractivity contribution in [2.24, 2.45) is 0 Å². The summed E-state index contributed by atoms with van der Waals surface area (Å²) in [7, 11) is 2.28. The molecule has 0 saturated heterocycles. The molecule has 1 atom stereocenters. The fourth-order valence-electron chi connectivity index (χ4n) is 1.87. The van der Waals surface area contributed by atoms with Gasteiger partial charge in [-0.1, -0.05) is 0 Å². The van der Waals surface area contributed by atoms with Crippen LogP contribution in [0.25, 0.3) is 0 Å². The molecule has 0 amide bonds. The molecule has 19 heavy (non-hydrogen) atoms. The lowest BCUT2D eigenvalue weighted by atomic mass is 10.3. The highest BCUT2D eigenvalue weighted by Crippen LogP contribution is 2.25. The highest BCUT2D eigenvalue weighted by atomic mass is 32.2. The minimum atomic E-state index is -3.41. The monoisotopic (exact) mass is 305 g/mol. The van der Waals surface area contributed by atoms with Crippen molar-refractivity contribution in [1.82, 2.24) is 14.9 Å². The minimum absolute atomic E-state index is 0.116. The third kappa shape index (κ3) is 4.85. The van der Waals surface area contributed by atoms with E-state index >= 15 is 0 Å². The third-order valence-electron chi connectivity index (χ3n) is 2.60. The summed E-state index contributed by atoms with van der Waals surface area (Å²) in [5, 5.41) is 3.04. The molecule has 1 aromatic heterocycles. The van der Waals surface area contributed by atoms with Gasteiger partial charge in [0.15, 0.2) is 0 Å². The van der Waals surface area contributed by atoms with Gasteiger partial charge in [-0.15, -0.1) is 11.3 Å². The van der Waals surface area contributed by atoms with Gasteiger partial charge in [-0.25, -0.2) is 13.1 Å². The zero-order chi connectivity index (χ0) is 14.6. The first-order valence-corrected chi connectivity index (χ1v) is 8.47. The first-order chi connectivity index (χ1) is 8.76. The fraction of sp³-hybridized carbons (Fsp3) is 0.667. The van der Waals surface area contributed by atoms with Crippen LogP contribution >= 0.6 is 11.3 Å². The maximum atomic E-state index is 12.3. The first kappa shape index (κ1) is 16.6. The summed E-state index contributed by atoms with van der Waals surface area (Å²) >= 11 is 1.33.